The third-order valence-corrected chi connectivity index (χ3v) is 2.43. The van der Waals surface area contributed by atoms with Gasteiger partial charge in [-0.15, -0.1) is 0 Å². The minimum Gasteiger partial charge on any atom is -0.496 e. The highest BCUT2D eigenvalue weighted by Crippen LogP contribution is 2.34. The highest BCUT2D eigenvalue weighted by molar-refractivity contribution is 5.76. The number of anilines is 1. The maximum Gasteiger partial charge on any atom is 0.325 e. The zero-order valence-corrected chi connectivity index (χ0v) is 10.5. The molecule has 0 amide bonds. The van der Waals surface area contributed by atoms with Crippen LogP contribution in [0.5, 0.6) is 11.5 Å². The van der Waals surface area contributed by atoms with Gasteiger partial charge in [-0.3, -0.25) is 4.79 Å². The molecule has 1 aromatic rings. The van der Waals surface area contributed by atoms with Gasteiger partial charge >= 0.3 is 5.97 Å². The van der Waals surface area contributed by atoms with Gasteiger partial charge in [0, 0.05) is 5.56 Å². The number of esters is 1. The van der Waals surface area contributed by atoms with Crippen molar-refractivity contribution in [3.8, 4) is 11.5 Å². The lowest BCUT2D eigenvalue weighted by Crippen LogP contribution is -2.15. The molecule has 0 unspecified atom stereocenters. The predicted octanol–water partition coefficient (Wildman–Crippen LogP) is 1.60. The zero-order valence-electron chi connectivity index (χ0n) is 10.5. The van der Waals surface area contributed by atoms with Gasteiger partial charge in [-0.05, 0) is 19.1 Å². The van der Waals surface area contributed by atoms with E-state index < -0.39 is 0 Å². The van der Waals surface area contributed by atoms with Gasteiger partial charge in [0.05, 0.1) is 27.0 Å². The molecule has 17 heavy (non-hydrogen) atoms. The van der Waals surface area contributed by atoms with Gasteiger partial charge < -0.3 is 19.5 Å². The van der Waals surface area contributed by atoms with Crippen molar-refractivity contribution in [2.24, 2.45) is 0 Å². The molecule has 1 N–H and O–H groups in total. The largest absolute Gasteiger partial charge is 0.496 e. The van der Waals surface area contributed by atoms with Crippen LogP contribution in [0.4, 0.5) is 5.69 Å². The minimum absolute atomic E-state index is 0.0959. The summed E-state index contributed by atoms with van der Waals surface area (Å²) in [6, 6.07) is 3.62. The van der Waals surface area contributed by atoms with Crippen LogP contribution in [0.2, 0.25) is 0 Å². The van der Waals surface area contributed by atoms with Crippen LogP contribution in [0.3, 0.4) is 0 Å². The fourth-order valence-corrected chi connectivity index (χ4v) is 1.54. The number of methoxy groups -OCH3 is 3. The summed E-state index contributed by atoms with van der Waals surface area (Å²) in [4.78, 5) is 11.0. The van der Waals surface area contributed by atoms with E-state index in [1.807, 2.05) is 13.0 Å². The summed E-state index contributed by atoms with van der Waals surface area (Å²) in [5.74, 6) is 1.07. The van der Waals surface area contributed by atoms with Crippen LogP contribution in [0.25, 0.3) is 0 Å². The zero-order chi connectivity index (χ0) is 12.8. The molecular weight excluding hydrogens is 222 g/mol. The lowest BCUT2D eigenvalue weighted by molar-refractivity contribution is -0.138. The number of nitrogens with one attached hydrogen (secondary N) is 1. The number of hydrogen-bond acceptors (Lipinski definition) is 5. The molecule has 94 valence electrons. The first kappa shape index (κ1) is 13.2. The second-order valence-electron chi connectivity index (χ2n) is 3.40. The quantitative estimate of drug-likeness (QED) is 0.791. The molecule has 1 aromatic carbocycles. The van der Waals surface area contributed by atoms with Gasteiger partial charge in [-0.1, -0.05) is 0 Å². The Morgan fingerprint density at radius 3 is 2.47 bits per heavy atom. The molecule has 0 aliphatic rings. The maximum absolute atomic E-state index is 11.0. The van der Waals surface area contributed by atoms with Gasteiger partial charge in [-0.25, -0.2) is 0 Å². The molecule has 0 aromatic heterocycles. The summed E-state index contributed by atoms with van der Waals surface area (Å²) < 4.78 is 15.0. The molecule has 0 bridgehead atoms. The molecule has 1 rings (SSSR count). The first-order valence-corrected chi connectivity index (χ1v) is 5.16. The normalized spacial score (nSPS) is 9.65. The Bertz CT molecular complexity index is 404. The number of carbonyl (C=O) groups excluding carboxylic acids is 1. The van der Waals surface area contributed by atoms with Crippen LogP contribution in [0.1, 0.15) is 5.56 Å². The summed E-state index contributed by atoms with van der Waals surface area (Å²) in [7, 11) is 4.52. The van der Waals surface area contributed by atoms with Crippen molar-refractivity contribution < 1.29 is 19.0 Å². The van der Waals surface area contributed by atoms with Crippen LogP contribution in [0.15, 0.2) is 12.1 Å². The first-order chi connectivity index (χ1) is 8.13. The van der Waals surface area contributed by atoms with Crippen molar-refractivity contribution in [2.45, 2.75) is 6.92 Å². The van der Waals surface area contributed by atoms with Crippen LogP contribution in [-0.4, -0.2) is 33.8 Å². The van der Waals surface area contributed by atoms with Crippen LogP contribution < -0.4 is 14.8 Å². The second-order valence-corrected chi connectivity index (χ2v) is 3.40. The molecular formula is C12H17NO4. The number of benzene rings is 1. The van der Waals surface area contributed by atoms with Crippen LogP contribution in [-0.2, 0) is 9.53 Å². The Morgan fingerprint density at radius 1 is 1.24 bits per heavy atom. The standard InChI is InChI=1S/C12H17NO4/c1-8-10(15-2)6-5-9(12(8)17-4)13-7-11(14)16-3/h5-6,13H,7H2,1-4H3. The molecule has 5 heteroatoms. The lowest BCUT2D eigenvalue weighted by Gasteiger charge is -2.15. The Hall–Kier alpha value is -1.91. The Balaban J connectivity index is 2.92. The summed E-state index contributed by atoms with van der Waals surface area (Å²) in [6.07, 6.45) is 0. The van der Waals surface area contributed by atoms with Crippen LogP contribution in [0, 0.1) is 6.92 Å². The third kappa shape index (κ3) is 3.03. The number of hydrogen-bond donors (Lipinski definition) is 1. The molecule has 0 atom stereocenters. The van der Waals surface area contributed by atoms with Crippen molar-refractivity contribution in [3.63, 3.8) is 0 Å². The SMILES string of the molecule is COC(=O)CNc1ccc(OC)c(C)c1OC. The Kier molecular flexibility index (Phi) is 4.63. The van der Waals surface area contributed by atoms with E-state index >= 15 is 0 Å². The van der Waals surface area contributed by atoms with Gasteiger partial charge in [-0.2, -0.15) is 0 Å². The van der Waals surface area contributed by atoms with E-state index in [1.54, 1.807) is 20.3 Å². The van der Waals surface area contributed by atoms with E-state index in [1.165, 1.54) is 7.11 Å². The summed E-state index contributed by atoms with van der Waals surface area (Å²) in [6.45, 7) is 1.99. The highest BCUT2D eigenvalue weighted by Gasteiger charge is 2.11. The van der Waals surface area contributed by atoms with Crippen molar-refractivity contribution >= 4 is 11.7 Å². The van der Waals surface area contributed by atoms with Crippen LogP contribution >= 0.6 is 0 Å². The summed E-state index contributed by atoms with van der Waals surface area (Å²) in [5, 5.41) is 2.95. The van der Waals surface area contributed by atoms with Crippen molar-refractivity contribution in [1.82, 2.24) is 0 Å². The topological polar surface area (TPSA) is 56.8 Å². The van der Waals surface area contributed by atoms with E-state index in [-0.39, 0.29) is 12.5 Å². The average Bonchev–Trinajstić information content (AvgIpc) is 2.35. The third-order valence-electron chi connectivity index (χ3n) is 2.43. The molecule has 0 aliphatic carbocycles. The Labute approximate surface area is 101 Å². The lowest BCUT2D eigenvalue weighted by atomic mass is 10.1. The molecule has 0 heterocycles. The van der Waals surface area contributed by atoms with E-state index in [0.717, 1.165) is 17.0 Å². The second kappa shape index (κ2) is 5.98. The smallest absolute Gasteiger partial charge is 0.325 e. The Morgan fingerprint density at radius 2 is 1.94 bits per heavy atom. The number of rotatable bonds is 5. The molecule has 0 aliphatic heterocycles. The van der Waals surface area contributed by atoms with Gasteiger partial charge in [0.1, 0.15) is 18.0 Å². The molecule has 0 saturated heterocycles. The molecule has 0 saturated carbocycles. The summed E-state index contributed by atoms with van der Waals surface area (Å²) in [5.41, 5.74) is 1.61. The number of ether oxygens (including phenoxy) is 3. The van der Waals surface area contributed by atoms with Crippen molar-refractivity contribution in [1.29, 1.82) is 0 Å². The van der Waals surface area contributed by atoms with Gasteiger partial charge in [0.15, 0.2) is 0 Å². The number of carbonyl (C=O) groups is 1. The van der Waals surface area contributed by atoms with Crippen molar-refractivity contribution in [2.75, 3.05) is 33.2 Å². The maximum atomic E-state index is 11.0. The predicted molar refractivity (Wildman–Crippen MR) is 64.8 cm³/mol. The highest BCUT2D eigenvalue weighted by atomic mass is 16.5. The van der Waals surface area contributed by atoms with E-state index in [9.17, 15) is 4.79 Å². The van der Waals surface area contributed by atoms with E-state index in [2.05, 4.69) is 10.1 Å². The monoisotopic (exact) mass is 239 g/mol. The summed E-state index contributed by atoms with van der Waals surface area (Å²) >= 11 is 0. The van der Waals surface area contributed by atoms with Crippen molar-refractivity contribution in [3.05, 3.63) is 17.7 Å². The molecule has 0 spiro atoms. The average molecular weight is 239 g/mol. The molecule has 0 radical (unpaired) electrons. The molecule has 5 nitrogen and oxygen atoms in total. The fourth-order valence-electron chi connectivity index (χ4n) is 1.54. The minimum atomic E-state index is -0.333. The molecule has 0 fully saturated rings. The first-order valence-electron chi connectivity index (χ1n) is 5.16. The van der Waals surface area contributed by atoms with Gasteiger partial charge in [0.2, 0.25) is 0 Å². The van der Waals surface area contributed by atoms with Gasteiger partial charge in [0.25, 0.3) is 0 Å². The fraction of sp³-hybridized carbons (Fsp3) is 0.417. The van der Waals surface area contributed by atoms with E-state index in [4.69, 9.17) is 9.47 Å². The van der Waals surface area contributed by atoms with E-state index in [0.29, 0.717) is 5.75 Å².